The lowest BCUT2D eigenvalue weighted by atomic mass is 10.0. The zero-order valence-corrected chi connectivity index (χ0v) is 11.6. The van der Waals surface area contributed by atoms with Gasteiger partial charge in [-0.25, -0.2) is 9.13 Å². The highest BCUT2D eigenvalue weighted by Crippen LogP contribution is 2.36. The summed E-state index contributed by atoms with van der Waals surface area (Å²) in [4.78, 5) is 33.4. The number of hydrogen-bond donors (Lipinski definition) is 8. The molecular weight excluding hydrogens is 326 g/mol. The highest BCUT2D eigenvalue weighted by Gasteiger charge is 2.33. The monoisotopic (exact) mass is 342 g/mol. The van der Waals surface area contributed by atoms with Crippen LogP contribution in [0.1, 0.15) is 0 Å². The molecule has 0 saturated heterocycles. The maximum Gasteiger partial charge on any atom is 0.469 e. The number of hydrogen-bond acceptors (Lipinski definition) is 8. The van der Waals surface area contributed by atoms with Gasteiger partial charge >= 0.3 is 15.6 Å². The Labute approximate surface area is 112 Å². The molecule has 0 amide bonds. The van der Waals surface area contributed by atoms with Gasteiger partial charge in [-0.15, -0.1) is 0 Å². The van der Waals surface area contributed by atoms with Crippen molar-refractivity contribution in [3.63, 3.8) is 0 Å². The largest absolute Gasteiger partial charge is 0.469 e. The standard InChI is InChI=1S/C6H16O12P2/c7-3(1-17-19(11,12)13)5(9)6(10)4(8)2-18-20(14,15)16/h3-10H,1-2H2,(H2,11,12,13)(H2,14,15,16)/t3-,4+,5-,6-/m1/s1. The molecule has 0 rings (SSSR count). The van der Waals surface area contributed by atoms with E-state index in [1.165, 1.54) is 0 Å². The van der Waals surface area contributed by atoms with Crippen LogP contribution in [-0.2, 0) is 18.2 Å². The van der Waals surface area contributed by atoms with Gasteiger partial charge in [-0.2, -0.15) is 0 Å². The molecule has 0 aliphatic rings. The summed E-state index contributed by atoms with van der Waals surface area (Å²) in [6, 6.07) is 0. The summed E-state index contributed by atoms with van der Waals surface area (Å²) >= 11 is 0. The Kier molecular flexibility index (Phi) is 7.92. The van der Waals surface area contributed by atoms with E-state index in [0.717, 1.165) is 0 Å². The van der Waals surface area contributed by atoms with Crippen LogP contribution in [0.3, 0.4) is 0 Å². The molecule has 0 aromatic carbocycles. The molecule has 20 heavy (non-hydrogen) atoms. The third-order valence-corrected chi connectivity index (χ3v) is 2.94. The fourth-order valence-corrected chi connectivity index (χ4v) is 1.69. The Hall–Kier alpha value is 0.0600. The average molecular weight is 342 g/mol. The first-order chi connectivity index (χ1) is 8.83. The van der Waals surface area contributed by atoms with Crippen molar-refractivity contribution < 1.29 is 58.2 Å². The molecule has 0 aromatic rings. The van der Waals surface area contributed by atoms with Gasteiger partial charge in [0, 0.05) is 0 Å². The second-order valence-corrected chi connectivity index (χ2v) is 6.17. The normalized spacial score (nSPS) is 19.4. The number of aliphatic hydroxyl groups is 4. The lowest BCUT2D eigenvalue weighted by Crippen LogP contribution is -2.47. The van der Waals surface area contributed by atoms with Crippen molar-refractivity contribution in [1.82, 2.24) is 0 Å². The zero-order valence-electron chi connectivity index (χ0n) is 9.83. The van der Waals surface area contributed by atoms with Gasteiger partial charge in [-0.05, 0) is 0 Å². The van der Waals surface area contributed by atoms with E-state index in [2.05, 4.69) is 9.05 Å². The summed E-state index contributed by atoms with van der Waals surface area (Å²) in [7, 11) is -9.78. The minimum absolute atomic E-state index is 1.05. The average Bonchev–Trinajstić information content (AvgIpc) is 2.29. The van der Waals surface area contributed by atoms with E-state index in [1.54, 1.807) is 0 Å². The molecule has 0 bridgehead atoms. The smallest absolute Gasteiger partial charge is 0.388 e. The molecule has 0 unspecified atom stereocenters. The van der Waals surface area contributed by atoms with Crippen LogP contribution < -0.4 is 0 Å². The minimum atomic E-state index is -4.89. The van der Waals surface area contributed by atoms with E-state index in [9.17, 15) is 29.6 Å². The van der Waals surface area contributed by atoms with Gasteiger partial charge in [-0.1, -0.05) is 0 Å². The van der Waals surface area contributed by atoms with Gasteiger partial charge in [0.1, 0.15) is 24.4 Å². The fraction of sp³-hybridized carbons (Fsp3) is 1.00. The molecule has 122 valence electrons. The molecule has 4 atom stereocenters. The highest BCUT2D eigenvalue weighted by molar-refractivity contribution is 7.46. The molecule has 0 aliphatic carbocycles. The Bertz CT molecular complexity index is 338. The predicted molar refractivity (Wildman–Crippen MR) is 60.0 cm³/mol. The van der Waals surface area contributed by atoms with Crippen molar-refractivity contribution in [3.05, 3.63) is 0 Å². The van der Waals surface area contributed by atoms with Gasteiger partial charge in [0.05, 0.1) is 13.2 Å². The van der Waals surface area contributed by atoms with Crippen LogP contribution in [0.15, 0.2) is 0 Å². The minimum Gasteiger partial charge on any atom is -0.388 e. The summed E-state index contributed by atoms with van der Waals surface area (Å²) < 4.78 is 28.4. The van der Waals surface area contributed by atoms with Crippen molar-refractivity contribution in [1.29, 1.82) is 0 Å². The Morgan fingerprint density at radius 3 is 1.15 bits per heavy atom. The van der Waals surface area contributed by atoms with Gasteiger partial charge in [-0.3, -0.25) is 9.05 Å². The van der Waals surface area contributed by atoms with E-state index in [4.69, 9.17) is 19.6 Å². The van der Waals surface area contributed by atoms with E-state index < -0.39 is 53.3 Å². The number of phosphoric ester groups is 2. The van der Waals surface area contributed by atoms with Crippen molar-refractivity contribution >= 4 is 15.6 Å². The van der Waals surface area contributed by atoms with E-state index in [-0.39, 0.29) is 0 Å². The van der Waals surface area contributed by atoms with E-state index in [0.29, 0.717) is 0 Å². The van der Waals surface area contributed by atoms with E-state index in [1.807, 2.05) is 0 Å². The topological polar surface area (TPSA) is 214 Å². The molecule has 0 radical (unpaired) electrons. The van der Waals surface area contributed by atoms with Gasteiger partial charge in [0.15, 0.2) is 0 Å². The van der Waals surface area contributed by atoms with Crippen LogP contribution in [-0.4, -0.2) is 77.6 Å². The Morgan fingerprint density at radius 2 is 0.950 bits per heavy atom. The van der Waals surface area contributed by atoms with E-state index >= 15 is 0 Å². The summed E-state index contributed by atoms with van der Waals surface area (Å²) in [5.74, 6) is 0. The number of aliphatic hydroxyl groups excluding tert-OH is 4. The second-order valence-electron chi connectivity index (χ2n) is 3.69. The first-order valence-corrected chi connectivity index (χ1v) is 8.02. The molecule has 8 N–H and O–H groups in total. The molecule has 0 aliphatic heterocycles. The Morgan fingerprint density at radius 1 is 0.700 bits per heavy atom. The predicted octanol–water partition coefficient (Wildman–Crippen LogP) is -3.35. The molecule has 14 heteroatoms. The second kappa shape index (κ2) is 7.90. The number of phosphoric acid groups is 2. The molecule has 0 fully saturated rings. The Balaban J connectivity index is 4.34. The number of rotatable bonds is 9. The van der Waals surface area contributed by atoms with Crippen LogP contribution in [0.5, 0.6) is 0 Å². The summed E-state index contributed by atoms with van der Waals surface area (Å²) in [6.07, 6.45) is -8.14. The maximum atomic E-state index is 10.3. The first-order valence-electron chi connectivity index (χ1n) is 4.96. The fourth-order valence-electron chi connectivity index (χ4n) is 0.999. The highest BCUT2D eigenvalue weighted by atomic mass is 31.2. The quantitative estimate of drug-likeness (QED) is 0.193. The van der Waals surface area contributed by atoms with Gasteiger partial charge < -0.3 is 40.0 Å². The molecule has 0 heterocycles. The summed E-state index contributed by atoms with van der Waals surface area (Å²) in [5, 5.41) is 37.2. The first kappa shape index (κ1) is 20.1. The maximum absolute atomic E-state index is 10.3. The summed E-state index contributed by atoms with van der Waals surface area (Å²) in [5.41, 5.74) is 0. The SMILES string of the molecule is O=P(O)(O)OC[C@@H](O)[C@@H](O)[C@H](O)[C@@H](O)COP(=O)(O)O. The van der Waals surface area contributed by atoms with Crippen molar-refractivity contribution in [3.8, 4) is 0 Å². The van der Waals surface area contributed by atoms with Gasteiger partial charge in [0.2, 0.25) is 0 Å². The van der Waals surface area contributed by atoms with Crippen LogP contribution in [0.2, 0.25) is 0 Å². The molecule has 0 spiro atoms. The van der Waals surface area contributed by atoms with Crippen LogP contribution in [0, 0.1) is 0 Å². The lowest BCUT2D eigenvalue weighted by Gasteiger charge is -2.26. The van der Waals surface area contributed by atoms with Gasteiger partial charge in [0.25, 0.3) is 0 Å². The van der Waals surface area contributed by atoms with Crippen LogP contribution >= 0.6 is 15.6 Å². The van der Waals surface area contributed by atoms with Crippen LogP contribution in [0.4, 0.5) is 0 Å². The molecule has 12 nitrogen and oxygen atoms in total. The van der Waals surface area contributed by atoms with Crippen molar-refractivity contribution in [2.24, 2.45) is 0 Å². The third kappa shape index (κ3) is 9.08. The van der Waals surface area contributed by atoms with Crippen molar-refractivity contribution in [2.75, 3.05) is 13.2 Å². The molecular formula is C6H16O12P2. The van der Waals surface area contributed by atoms with Crippen LogP contribution in [0.25, 0.3) is 0 Å². The third-order valence-electron chi connectivity index (χ3n) is 1.97. The molecule has 0 aromatic heterocycles. The summed E-state index contributed by atoms with van der Waals surface area (Å²) in [6.45, 7) is -2.09. The molecule has 0 saturated carbocycles. The zero-order chi connectivity index (χ0) is 16.1. The van der Waals surface area contributed by atoms with Crippen molar-refractivity contribution in [2.45, 2.75) is 24.4 Å². The lowest BCUT2D eigenvalue weighted by molar-refractivity contribution is -0.121.